The van der Waals surface area contributed by atoms with Crippen molar-refractivity contribution in [1.82, 2.24) is 25.0 Å². The maximum absolute atomic E-state index is 13.5. The fourth-order valence-electron chi connectivity index (χ4n) is 4.13. The molecule has 3 heterocycles. The molecule has 0 spiro atoms. The lowest BCUT2D eigenvalue weighted by Gasteiger charge is -2.11. The molecule has 0 atom stereocenters. The zero-order chi connectivity index (χ0) is 29.7. The van der Waals surface area contributed by atoms with Gasteiger partial charge in [0.05, 0.1) is 10.6 Å². The van der Waals surface area contributed by atoms with Crippen LogP contribution in [0.4, 0.5) is 4.39 Å². The first-order valence-corrected chi connectivity index (χ1v) is 14.4. The standard InChI is InChI=1S/C31H24FN5O4S/c1-33-31(39)27-10-5-23(19-35-27)20-42(40,41)28-11-7-25(17-24(28)6-2-21-3-8-26(32)9-4-21)30(38)36-18-22-12-14-37-15-13-34-29(37)16-22/h3-5,7-17,19H,18,20H2,1H3,(H,33,39)(H,36,38). The largest absolute Gasteiger partial charge is 0.354 e. The second-order valence-electron chi connectivity index (χ2n) is 9.27. The Hall–Kier alpha value is -5.34. The van der Waals surface area contributed by atoms with E-state index in [2.05, 4.69) is 32.4 Å². The van der Waals surface area contributed by atoms with Crippen LogP contribution in [0.5, 0.6) is 0 Å². The highest BCUT2D eigenvalue weighted by Crippen LogP contribution is 2.22. The molecule has 0 unspecified atom stereocenters. The molecule has 2 amide bonds. The Labute approximate surface area is 241 Å². The molecular weight excluding hydrogens is 557 g/mol. The van der Waals surface area contributed by atoms with Crippen LogP contribution >= 0.6 is 0 Å². The third-order valence-corrected chi connectivity index (χ3v) is 8.06. The first-order valence-electron chi connectivity index (χ1n) is 12.7. The molecule has 0 fully saturated rings. The van der Waals surface area contributed by atoms with Crippen LogP contribution in [-0.2, 0) is 22.1 Å². The number of rotatable bonds is 7. The fourth-order valence-corrected chi connectivity index (χ4v) is 5.61. The van der Waals surface area contributed by atoms with E-state index in [1.807, 2.05) is 28.9 Å². The zero-order valence-electron chi connectivity index (χ0n) is 22.3. The summed E-state index contributed by atoms with van der Waals surface area (Å²) in [4.78, 5) is 33.0. The van der Waals surface area contributed by atoms with Gasteiger partial charge in [-0.1, -0.05) is 17.9 Å². The molecule has 0 aliphatic carbocycles. The number of nitrogens with zero attached hydrogens (tertiary/aromatic N) is 3. The molecule has 0 aliphatic rings. The summed E-state index contributed by atoms with van der Waals surface area (Å²) in [7, 11) is -2.48. The summed E-state index contributed by atoms with van der Waals surface area (Å²) in [6, 6.07) is 16.3. The lowest BCUT2D eigenvalue weighted by molar-refractivity contribution is 0.0945. The van der Waals surface area contributed by atoms with Gasteiger partial charge in [-0.25, -0.2) is 17.8 Å². The quantitative estimate of drug-likeness (QED) is 0.284. The minimum absolute atomic E-state index is 0.0752. The van der Waals surface area contributed by atoms with Gasteiger partial charge in [0.1, 0.15) is 17.2 Å². The molecule has 2 N–H and O–H groups in total. The van der Waals surface area contributed by atoms with Gasteiger partial charge in [0.2, 0.25) is 0 Å². The van der Waals surface area contributed by atoms with Gasteiger partial charge >= 0.3 is 0 Å². The fraction of sp³-hybridized carbons (Fsp3) is 0.0968. The van der Waals surface area contributed by atoms with Crippen LogP contribution in [0.3, 0.4) is 0 Å². The van der Waals surface area contributed by atoms with Gasteiger partial charge in [-0.15, -0.1) is 0 Å². The third kappa shape index (κ3) is 6.51. The maximum Gasteiger partial charge on any atom is 0.269 e. The predicted molar refractivity (Wildman–Crippen MR) is 154 cm³/mol. The van der Waals surface area contributed by atoms with Crippen molar-refractivity contribution in [3.05, 3.63) is 131 Å². The minimum Gasteiger partial charge on any atom is -0.354 e. The molecule has 5 aromatic rings. The SMILES string of the molecule is CNC(=O)c1ccc(CS(=O)(=O)c2ccc(C(=O)NCc3ccn4ccnc4c3)cc2C#Cc2ccc(F)cc2)cn1. The average molecular weight is 582 g/mol. The van der Waals surface area contributed by atoms with Crippen LogP contribution in [-0.4, -0.2) is 41.6 Å². The van der Waals surface area contributed by atoms with Crippen molar-refractivity contribution < 1.29 is 22.4 Å². The van der Waals surface area contributed by atoms with Crippen LogP contribution in [0, 0.1) is 17.7 Å². The molecule has 0 radical (unpaired) electrons. The zero-order valence-corrected chi connectivity index (χ0v) is 23.2. The highest BCUT2D eigenvalue weighted by Gasteiger charge is 2.21. The number of imidazole rings is 1. The van der Waals surface area contributed by atoms with Gasteiger partial charge < -0.3 is 15.0 Å². The number of fused-ring (bicyclic) bond motifs is 1. The highest BCUT2D eigenvalue weighted by atomic mass is 32.2. The molecule has 3 aromatic heterocycles. The number of aromatic nitrogens is 3. The van der Waals surface area contributed by atoms with Gasteiger partial charge in [0.25, 0.3) is 11.8 Å². The molecular formula is C31H24FN5O4S. The van der Waals surface area contributed by atoms with Crippen molar-refractivity contribution in [3.63, 3.8) is 0 Å². The van der Waals surface area contributed by atoms with Crippen LogP contribution in [0.2, 0.25) is 0 Å². The number of hydrogen-bond donors (Lipinski definition) is 2. The highest BCUT2D eigenvalue weighted by molar-refractivity contribution is 7.90. The normalized spacial score (nSPS) is 11.0. The smallest absolute Gasteiger partial charge is 0.269 e. The van der Waals surface area contributed by atoms with Crippen molar-refractivity contribution in [3.8, 4) is 11.8 Å². The molecule has 2 aromatic carbocycles. The van der Waals surface area contributed by atoms with Crippen molar-refractivity contribution in [2.75, 3.05) is 7.05 Å². The van der Waals surface area contributed by atoms with Crippen LogP contribution in [0.1, 0.15) is 43.1 Å². The molecule has 0 saturated carbocycles. The predicted octanol–water partition coefficient (Wildman–Crippen LogP) is 3.53. The Morgan fingerprint density at radius 1 is 0.905 bits per heavy atom. The number of halogens is 1. The summed E-state index contributed by atoms with van der Waals surface area (Å²) >= 11 is 0. The molecule has 210 valence electrons. The summed E-state index contributed by atoms with van der Waals surface area (Å²) in [5.74, 6) is 4.06. The number of benzene rings is 2. The number of amides is 2. The van der Waals surface area contributed by atoms with Crippen LogP contribution < -0.4 is 10.6 Å². The summed E-state index contributed by atoms with van der Waals surface area (Å²) in [5, 5.41) is 5.30. The Morgan fingerprint density at radius 2 is 1.71 bits per heavy atom. The van der Waals surface area contributed by atoms with E-state index >= 15 is 0 Å². The van der Waals surface area contributed by atoms with E-state index in [-0.39, 0.29) is 28.3 Å². The van der Waals surface area contributed by atoms with E-state index in [0.29, 0.717) is 11.1 Å². The van der Waals surface area contributed by atoms with Crippen molar-refractivity contribution in [1.29, 1.82) is 0 Å². The number of sulfone groups is 1. The molecule has 9 nitrogen and oxygen atoms in total. The van der Waals surface area contributed by atoms with Crippen molar-refractivity contribution >= 4 is 27.3 Å². The number of carbonyl (C=O) groups is 2. The number of carbonyl (C=O) groups excluding carboxylic acids is 2. The lowest BCUT2D eigenvalue weighted by atomic mass is 10.1. The topological polar surface area (TPSA) is 123 Å². The first kappa shape index (κ1) is 28.2. The van der Waals surface area contributed by atoms with Gasteiger partial charge in [-0.05, 0) is 71.8 Å². The van der Waals surface area contributed by atoms with E-state index in [9.17, 15) is 22.4 Å². The summed E-state index contributed by atoms with van der Waals surface area (Å²) in [6.45, 7) is 0.234. The van der Waals surface area contributed by atoms with Crippen molar-refractivity contribution in [2.24, 2.45) is 0 Å². The van der Waals surface area contributed by atoms with Gasteiger partial charge in [0.15, 0.2) is 9.84 Å². The minimum atomic E-state index is -3.95. The van der Waals surface area contributed by atoms with Gasteiger partial charge in [-0.2, -0.15) is 0 Å². The van der Waals surface area contributed by atoms with E-state index < -0.39 is 33.2 Å². The van der Waals surface area contributed by atoms with Crippen molar-refractivity contribution in [2.45, 2.75) is 17.2 Å². The molecule has 0 aliphatic heterocycles. The molecule has 5 rings (SSSR count). The van der Waals surface area contributed by atoms with Gasteiger partial charge in [-0.3, -0.25) is 14.6 Å². The first-order chi connectivity index (χ1) is 20.2. The van der Waals surface area contributed by atoms with E-state index in [0.717, 1.165) is 11.2 Å². The maximum atomic E-state index is 13.5. The summed E-state index contributed by atoms with van der Waals surface area (Å²) < 4.78 is 42.2. The van der Waals surface area contributed by atoms with E-state index in [1.54, 1.807) is 6.20 Å². The Balaban J connectivity index is 1.43. The average Bonchev–Trinajstić information content (AvgIpc) is 3.47. The third-order valence-electron chi connectivity index (χ3n) is 6.32. The van der Waals surface area contributed by atoms with Gasteiger partial charge in [0, 0.05) is 55.1 Å². The summed E-state index contributed by atoms with van der Waals surface area (Å²) in [6.07, 6.45) is 6.67. The summed E-state index contributed by atoms with van der Waals surface area (Å²) in [5.41, 5.74) is 2.91. The van der Waals surface area contributed by atoms with Crippen LogP contribution in [0.15, 0.2) is 96.4 Å². The number of hydrogen-bond acceptors (Lipinski definition) is 6. The Kier molecular flexibility index (Phi) is 8.08. The number of pyridine rings is 2. The van der Waals surface area contributed by atoms with Crippen LogP contribution in [0.25, 0.3) is 5.65 Å². The molecule has 0 bridgehead atoms. The Bertz CT molecular complexity index is 1960. The number of nitrogens with one attached hydrogen (secondary N) is 2. The molecule has 11 heteroatoms. The van der Waals surface area contributed by atoms with E-state index in [4.69, 9.17) is 0 Å². The lowest BCUT2D eigenvalue weighted by Crippen LogP contribution is -2.23. The monoisotopic (exact) mass is 581 g/mol. The Morgan fingerprint density at radius 3 is 2.45 bits per heavy atom. The van der Waals surface area contributed by atoms with E-state index in [1.165, 1.54) is 67.8 Å². The second kappa shape index (κ2) is 12.0. The molecule has 0 saturated heterocycles. The second-order valence-corrected chi connectivity index (χ2v) is 11.2. The molecule has 42 heavy (non-hydrogen) atoms.